The number of carboxylic acids is 1. The highest BCUT2D eigenvalue weighted by molar-refractivity contribution is 8.22. The van der Waals surface area contributed by atoms with Crippen LogP contribution in [0.5, 0.6) is 0 Å². The van der Waals surface area contributed by atoms with E-state index in [2.05, 4.69) is 0 Å². The van der Waals surface area contributed by atoms with Gasteiger partial charge in [-0.05, 0) is 31.3 Å². The Hall–Kier alpha value is -0.290. The van der Waals surface area contributed by atoms with Crippen molar-refractivity contribution in [3.8, 4) is 0 Å². The van der Waals surface area contributed by atoms with Gasteiger partial charge in [0.1, 0.15) is 6.10 Å². The molecule has 0 bridgehead atoms. The van der Waals surface area contributed by atoms with Crippen molar-refractivity contribution in [1.29, 1.82) is 0 Å². The van der Waals surface area contributed by atoms with E-state index in [1.165, 1.54) is 11.8 Å². The molecule has 0 radical (unpaired) electrons. The first kappa shape index (κ1) is 9.80. The molecule has 0 unspecified atom stereocenters. The van der Waals surface area contributed by atoms with Crippen LogP contribution in [0.1, 0.15) is 12.8 Å². The van der Waals surface area contributed by atoms with Crippen LogP contribution in [0.2, 0.25) is 0 Å². The van der Waals surface area contributed by atoms with Crippen LogP contribution in [0, 0.1) is 5.92 Å². The molecule has 0 aromatic rings. The average molecular weight is 206 g/mol. The van der Waals surface area contributed by atoms with Crippen molar-refractivity contribution >= 4 is 34.3 Å². The first-order valence-corrected chi connectivity index (χ1v) is 5.24. The lowest BCUT2D eigenvalue weighted by Gasteiger charge is -2.32. The Morgan fingerprint density at radius 2 is 2.25 bits per heavy atom. The van der Waals surface area contributed by atoms with Gasteiger partial charge in [0.25, 0.3) is 0 Å². The molecule has 0 atom stereocenters. The predicted molar refractivity (Wildman–Crippen MR) is 51.3 cm³/mol. The first-order valence-electron chi connectivity index (χ1n) is 3.61. The van der Waals surface area contributed by atoms with Gasteiger partial charge in [-0.1, -0.05) is 11.8 Å². The SMILES string of the molecule is CSC(=S)OC1CC(C(=O)O)C1. The van der Waals surface area contributed by atoms with Crippen molar-refractivity contribution in [2.24, 2.45) is 5.92 Å². The molecule has 0 aromatic heterocycles. The topological polar surface area (TPSA) is 46.5 Å². The summed E-state index contributed by atoms with van der Waals surface area (Å²) in [4.78, 5) is 10.4. The van der Waals surface area contributed by atoms with Crippen LogP contribution in [-0.4, -0.2) is 27.8 Å². The van der Waals surface area contributed by atoms with Gasteiger partial charge < -0.3 is 9.84 Å². The Morgan fingerprint density at radius 1 is 1.67 bits per heavy atom. The largest absolute Gasteiger partial charge is 0.481 e. The minimum absolute atomic E-state index is 0.0334. The molecule has 1 fully saturated rings. The monoisotopic (exact) mass is 206 g/mol. The number of carboxylic acid groups (broad SMARTS) is 1. The minimum Gasteiger partial charge on any atom is -0.481 e. The molecule has 1 rings (SSSR count). The summed E-state index contributed by atoms with van der Waals surface area (Å²) in [5.74, 6) is -0.954. The van der Waals surface area contributed by atoms with Gasteiger partial charge in [-0.3, -0.25) is 4.79 Å². The molecule has 1 saturated carbocycles. The fraction of sp³-hybridized carbons (Fsp3) is 0.714. The molecular weight excluding hydrogens is 196 g/mol. The number of thioether (sulfide) groups is 1. The molecular formula is C7H10O3S2. The Labute approximate surface area is 80.5 Å². The molecule has 0 saturated heterocycles. The van der Waals surface area contributed by atoms with Crippen molar-refractivity contribution in [3.63, 3.8) is 0 Å². The Kier molecular flexibility index (Phi) is 3.34. The summed E-state index contributed by atoms with van der Waals surface area (Å²) in [6.45, 7) is 0. The highest BCUT2D eigenvalue weighted by Crippen LogP contribution is 2.31. The van der Waals surface area contributed by atoms with Crippen molar-refractivity contribution in [3.05, 3.63) is 0 Å². The van der Waals surface area contributed by atoms with E-state index in [0.717, 1.165) is 0 Å². The molecule has 12 heavy (non-hydrogen) atoms. The Morgan fingerprint density at radius 3 is 2.67 bits per heavy atom. The number of ether oxygens (including phenoxy) is 1. The van der Waals surface area contributed by atoms with Crippen molar-refractivity contribution in [2.75, 3.05) is 6.26 Å². The summed E-state index contributed by atoms with van der Waals surface area (Å²) in [5.41, 5.74) is 0. The third-order valence-electron chi connectivity index (χ3n) is 1.87. The van der Waals surface area contributed by atoms with Gasteiger partial charge >= 0.3 is 5.97 Å². The van der Waals surface area contributed by atoms with Crippen molar-refractivity contribution in [1.82, 2.24) is 0 Å². The summed E-state index contributed by atoms with van der Waals surface area (Å²) in [5, 5.41) is 8.55. The number of hydrogen-bond donors (Lipinski definition) is 1. The third-order valence-corrected chi connectivity index (χ3v) is 2.90. The van der Waals surface area contributed by atoms with E-state index < -0.39 is 5.97 Å². The molecule has 1 N–H and O–H groups in total. The highest BCUT2D eigenvalue weighted by Gasteiger charge is 2.36. The number of aliphatic carboxylic acids is 1. The standard InChI is InChI=1S/C7H10O3S2/c1-12-7(11)10-5-2-4(3-5)6(8)9/h4-5H,2-3H2,1H3,(H,8,9). The lowest BCUT2D eigenvalue weighted by Crippen LogP contribution is -2.36. The molecule has 1 aliphatic rings. The average Bonchev–Trinajstić information content (AvgIpc) is 1.94. The molecule has 68 valence electrons. The molecule has 0 aliphatic heterocycles. The molecule has 3 nitrogen and oxygen atoms in total. The molecule has 1 aliphatic carbocycles. The van der Waals surface area contributed by atoms with Gasteiger partial charge in [-0.25, -0.2) is 0 Å². The van der Waals surface area contributed by atoms with Crippen molar-refractivity contribution < 1.29 is 14.6 Å². The van der Waals surface area contributed by atoms with Crippen LogP contribution < -0.4 is 0 Å². The quantitative estimate of drug-likeness (QED) is 0.694. The van der Waals surface area contributed by atoms with Crippen LogP contribution in [0.3, 0.4) is 0 Å². The van der Waals surface area contributed by atoms with Gasteiger partial charge in [-0.2, -0.15) is 0 Å². The summed E-state index contributed by atoms with van der Waals surface area (Å²) in [6, 6.07) is 0. The van der Waals surface area contributed by atoms with Gasteiger partial charge in [0, 0.05) is 0 Å². The number of carbonyl (C=O) groups is 1. The Balaban J connectivity index is 2.17. The van der Waals surface area contributed by atoms with E-state index in [1.54, 1.807) is 0 Å². The maximum atomic E-state index is 10.4. The molecule has 0 heterocycles. The summed E-state index contributed by atoms with van der Waals surface area (Å²) in [6.07, 6.45) is 3.06. The van der Waals surface area contributed by atoms with Crippen LogP contribution >= 0.6 is 24.0 Å². The Bertz CT molecular complexity index is 199. The lowest BCUT2D eigenvalue weighted by atomic mass is 9.82. The zero-order valence-corrected chi connectivity index (χ0v) is 8.28. The van der Waals surface area contributed by atoms with E-state index >= 15 is 0 Å². The van der Waals surface area contributed by atoms with Crippen LogP contribution in [-0.2, 0) is 9.53 Å². The lowest BCUT2D eigenvalue weighted by molar-refractivity contribution is -0.148. The van der Waals surface area contributed by atoms with E-state index in [-0.39, 0.29) is 12.0 Å². The first-order chi connectivity index (χ1) is 5.63. The molecule has 5 heteroatoms. The summed E-state index contributed by atoms with van der Waals surface area (Å²) in [7, 11) is 0. The second-order valence-corrected chi connectivity index (χ2v) is 4.11. The summed E-state index contributed by atoms with van der Waals surface area (Å²) >= 11 is 6.20. The maximum Gasteiger partial charge on any atom is 0.306 e. The highest BCUT2D eigenvalue weighted by atomic mass is 32.2. The van der Waals surface area contributed by atoms with Gasteiger partial charge in [0.15, 0.2) is 0 Å². The van der Waals surface area contributed by atoms with E-state index in [4.69, 9.17) is 22.1 Å². The zero-order chi connectivity index (χ0) is 9.14. The fourth-order valence-electron chi connectivity index (χ4n) is 1.05. The molecule has 0 amide bonds. The fourth-order valence-corrected chi connectivity index (χ4v) is 1.42. The second-order valence-electron chi connectivity index (χ2n) is 2.70. The smallest absolute Gasteiger partial charge is 0.306 e. The number of hydrogen-bond acceptors (Lipinski definition) is 4. The summed E-state index contributed by atoms with van der Waals surface area (Å²) < 4.78 is 5.75. The van der Waals surface area contributed by atoms with E-state index in [0.29, 0.717) is 17.2 Å². The van der Waals surface area contributed by atoms with Crippen LogP contribution in [0.25, 0.3) is 0 Å². The molecule has 0 aromatic carbocycles. The van der Waals surface area contributed by atoms with Gasteiger partial charge in [-0.15, -0.1) is 0 Å². The zero-order valence-electron chi connectivity index (χ0n) is 6.65. The minimum atomic E-state index is -0.732. The number of thiocarbonyl (C=S) groups is 1. The van der Waals surface area contributed by atoms with Gasteiger partial charge in [0.2, 0.25) is 4.38 Å². The van der Waals surface area contributed by atoms with Crippen LogP contribution in [0.15, 0.2) is 0 Å². The van der Waals surface area contributed by atoms with E-state index in [9.17, 15) is 4.79 Å². The second kappa shape index (κ2) is 4.09. The maximum absolute atomic E-state index is 10.4. The normalized spacial score (nSPS) is 27.4. The predicted octanol–water partition coefficient (Wildman–Crippen LogP) is 1.51. The number of rotatable bonds is 2. The third kappa shape index (κ3) is 2.35. The van der Waals surface area contributed by atoms with Crippen molar-refractivity contribution in [2.45, 2.75) is 18.9 Å². The van der Waals surface area contributed by atoms with Gasteiger partial charge in [0.05, 0.1) is 5.92 Å². The van der Waals surface area contributed by atoms with E-state index in [1.807, 2.05) is 6.26 Å². The van der Waals surface area contributed by atoms with Crippen LogP contribution in [0.4, 0.5) is 0 Å². The molecule has 0 spiro atoms.